The van der Waals surface area contributed by atoms with Crippen LogP contribution in [0.5, 0.6) is 5.75 Å². The number of fused-ring (bicyclic) bond motifs is 1. The highest BCUT2D eigenvalue weighted by Gasteiger charge is 2.18. The molecule has 1 aromatic rings. The fourth-order valence-electron chi connectivity index (χ4n) is 3.33. The van der Waals surface area contributed by atoms with Gasteiger partial charge in [-0.3, -0.25) is 4.79 Å². The molecule has 0 aliphatic carbocycles. The third-order valence-electron chi connectivity index (χ3n) is 4.77. The lowest BCUT2D eigenvalue weighted by Gasteiger charge is -2.33. The second-order valence-corrected chi connectivity index (χ2v) is 6.49. The lowest BCUT2D eigenvalue weighted by atomic mass is 10.0. The number of nitrogens with one attached hydrogen (secondary N) is 1. The third-order valence-corrected chi connectivity index (χ3v) is 4.77. The van der Waals surface area contributed by atoms with E-state index in [9.17, 15) is 4.79 Å². The van der Waals surface area contributed by atoms with Crippen molar-refractivity contribution >= 4 is 12.0 Å². The molecule has 3 rings (SSSR count). The molecule has 1 amide bonds. The minimum absolute atomic E-state index is 0.00815. The first-order valence-electron chi connectivity index (χ1n) is 8.68. The van der Waals surface area contributed by atoms with Gasteiger partial charge in [0.15, 0.2) is 0 Å². The van der Waals surface area contributed by atoms with Crippen molar-refractivity contribution in [2.45, 2.75) is 38.6 Å². The van der Waals surface area contributed by atoms with E-state index in [1.807, 2.05) is 30.3 Å². The Morgan fingerprint density at radius 2 is 2.22 bits per heavy atom. The number of carbonyl (C=O) groups excluding carboxylic acids is 1. The van der Waals surface area contributed by atoms with E-state index in [1.54, 1.807) is 0 Å². The molecule has 2 aliphatic heterocycles. The average molecular weight is 314 g/mol. The van der Waals surface area contributed by atoms with Gasteiger partial charge in [0.05, 0.1) is 5.57 Å². The summed E-state index contributed by atoms with van der Waals surface area (Å²) in [7, 11) is 0. The summed E-state index contributed by atoms with van der Waals surface area (Å²) < 4.78 is 5.64. The first-order chi connectivity index (χ1) is 11.2. The zero-order valence-electron chi connectivity index (χ0n) is 13.9. The molecular weight excluding hydrogens is 288 g/mol. The topological polar surface area (TPSA) is 41.6 Å². The molecule has 0 aromatic heterocycles. The Morgan fingerprint density at radius 1 is 1.35 bits per heavy atom. The van der Waals surface area contributed by atoms with Crippen molar-refractivity contribution in [3.8, 4) is 5.75 Å². The highest BCUT2D eigenvalue weighted by molar-refractivity contribution is 5.99. The fourth-order valence-corrected chi connectivity index (χ4v) is 3.33. The number of piperidine rings is 1. The van der Waals surface area contributed by atoms with E-state index in [0.717, 1.165) is 30.8 Å². The van der Waals surface area contributed by atoms with Crippen LogP contribution in [0.25, 0.3) is 6.08 Å². The van der Waals surface area contributed by atoms with E-state index in [-0.39, 0.29) is 5.91 Å². The van der Waals surface area contributed by atoms with Crippen molar-refractivity contribution in [3.05, 3.63) is 35.4 Å². The Bertz CT molecular complexity index is 582. The Kier molecular flexibility index (Phi) is 5.34. The molecule has 0 radical (unpaired) electrons. The van der Waals surface area contributed by atoms with Crippen LogP contribution < -0.4 is 10.1 Å². The minimum Gasteiger partial charge on any atom is -0.488 e. The number of nitrogens with zero attached hydrogens (tertiary/aromatic N) is 1. The summed E-state index contributed by atoms with van der Waals surface area (Å²) in [6, 6.07) is 8.49. The molecule has 124 valence electrons. The Morgan fingerprint density at radius 3 is 3.09 bits per heavy atom. The molecule has 1 saturated heterocycles. The van der Waals surface area contributed by atoms with Gasteiger partial charge in [-0.05, 0) is 44.9 Å². The molecule has 4 nitrogen and oxygen atoms in total. The van der Waals surface area contributed by atoms with Gasteiger partial charge in [-0.25, -0.2) is 0 Å². The predicted octanol–water partition coefficient (Wildman–Crippen LogP) is 2.84. The summed E-state index contributed by atoms with van der Waals surface area (Å²) in [6.07, 6.45) is 6.89. The van der Waals surface area contributed by atoms with Gasteiger partial charge in [0.2, 0.25) is 0 Å². The highest BCUT2D eigenvalue weighted by Crippen LogP contribution is 2.25. The van der Waals surface area contributed by atoms with Crippen LogP contribution in [-0.4, -0.2) is 43.1 Å². The smallest absolute Gasteiger partial charge is 0.250 e. The number of ether oxygens (including phenoxy) is 1. The normalized spacial score (nSPS) is 21.1. The van der Waals surface area contributed by atoms with Crippen molar-refractivity contribution < 1.29 is 9.53 Å². The zero-order chi connectivity index (χ0) is 16.1. The van der Waals surface area contributed by atoms with Crippen molar-refractivity contribution in [1.82, 2.24) is 10.2 Å². The molecule has 2 heterocycles. The van der Waals surface area contributed by atoms with Gasteiger partial charge in [-0.2, -0.15) is 0 Å². The number of likely N-dealkylation sites (tertiary alicyclic amines) is 1. The fraction of sp³-hybridized carbons (Fsp3) is 0.526. The molecule has 1 aromatic carbocycles. The minimum atomic E-state index is -0.00815. The average Bonchev–Trinajstić information content (AvgIpc) is 2.59. The highest BCUT2D eigenvalue weighted by atomic mass is 16.5. The van der Waals surface area contributed by atoms with Crippen LogP contribution in [0.15, 0.2) is 29.8 Å². The molecular formula is C19H26N2O2. The summed E-state index contributed by atoms with van der Waals surface area (Å²) in [4.78, 5) is 14.8. The van der Waals surface area contributed by atoms with E-state index in [0.29, 0.717) is 18.2 Å². The molecule has 0 saturated carbocycles. The van der Waals surface area contributed by atoms with Crippen LogP contribution in [0.4, 0.5) is 0 Å². The van der Waals surface area contributed by atoms with Gasteiger partial charge in [0.25, 0.3) is 5.91 Å². The molecule has 4 heteroatoms. The van der Waals surface area contributed by atoms with Crippen LogP contribution in [0, 0.1) is 0 Å². The van der Waals surface area contributed by atoms with Crippen LogP contribution in [0.3, 0.4) is 0 Å². The second-order valence-electron chi connectivity index (χ2n) is 6.49. The molecule has 0 spiro atoms. The monoisotopic (exact) mass is 314 g/mol. The standard InChI is InChI=1S/C19H26N2O2/c1-15-7-4-5-11-21(15)12-6-10-20-19(22)17-13-16-8-2-3-9-18(16)23-14-17/h2-3,8-9,13,15H,4-7,10-12,14H2,1H3,(H,20,22)/t15-/m1/s1. The van der Waals surface area contributed by atoms with Gasteiger partial charge < -0.3 is 15.0 Å². The van der Waals surface area contributed by atoms with E-state index < -0.39 is 0 Å². The number of hydrogen-bond acceptors (Lipinski definition) is 3. The molecule has 2 aliphatic rings. The summed E-state index contributed by atoms with van der Waals surface area (Å²) in [6.45, 7) is 5.65. The quantitative estimate of drug-likeness (QED) is 0.850. The number of amides is 1. The summed E-state index contributed by atoms with van der Waals surface area (Å²) in [5.74, 6) is 0.842. The van der Waals surface area contributed by atoms with Crippen molar-refractivity contribution in [2.24, 2.45) is 0 Å². The number of benzene rings is 1. The van der Waals surface area contributed by atoms with Crippen molar-refractivity contribution in [1.29, 1.82) is 0 Å². The summed E-state index contributed by atoms with van der Waals surface area (Å²) in [5.41, 5.74) is 1.68. The maximum absolute atomic E-state index is 12.3. The first kappa shape index (κ1) is 16.1. The zero-order valence-corrected chi connectivity index (χ0v) is 13.9. The van der Waals surface area contributed by atoms with E-state index in [2.05, 4.69) is 17.1 Å². The number of carbonyl (C=O) groups is 1. The van der Waals surface area contributed by atoms with Crippen LogP contribution in [-0.2, 0) is 4.79 Å². The van der Waals surface area contributed by atoms with Gasteiger partial charge in [-0.15, -0.1) is 0 Å². The van der Waals surface area contributed by atoms with Gasteiger partial charge in [-0.1, -0.05) is 24.6 Å². The van der Waals surface area contributed by atoms with Crippen LogP contribution >= 0.6 is 0 Å². The first-order valence-corrected chi connectivity index (χ1v) is 8.68. The number of rotatable bonds is 5. The number of hydrogen-bond donors (Lipinski definition) is 1. The Balaban J connectivity index is 1.44. The van der Waals surface area contributed by atoms with Crippen molar-refractivity contribution in [3.63, 3.8) is 0 Å². The maximum atomic E-state index is 12.3. The predicted molar refractivity (Wildman–Crippen MR) is 92.4 cm³/mol. The van der Waals surface area contributed by atoms with Gasteiger partial charge in [0, 0.05) is 24.7 Å². The van der Waals surface area contributed by atoms with E-state index in [1.165, 1.54) is 25.8 Å². The molecule has 1 atom stereocenters. The second kappa shape index (κ2) is 7.64. The molecule has 0 unspecified atom stereocenters. The lowest BCUT2D eigenvalue weighted by Crippen LogP contribution is -2.39. The molecule has 1 fully saturated rings. The van der Waals surface area contributed by atoms with E-state index in [4.69, 9.17) is 4.74 Å². The summed E-state index contributed by atoms with van der Waals surface area (Å²) >= 11 is 0. The van der Waals surface area contributed by atoms with Crippen molar-refractivity contribution in [2.75, 3.05) is 26.2 Å². The largest absolute Gasteiger partial charge is 0.488 e. The molecule has 0 bridgehead atoms. The Hall–Kier alpha value is -1.81. The Labute approximate surface area is 138 Å². The lowest BCUT2D eigenvalue weighted by molar-refractivity contribution is -0.117. The van der Waals surface area contributed by atoms with Crippen LogP contribution in [0.2, 0.25) is 0 Å². The maximum Gasteiger partial charge on any atom is 0.250 e. The van der Waals surface area contributed by atoms with Crippen LogP contribution in [0.1, 0.15) is 38.2 Å². The van der Waals surface area contributed by atoms with Gasteiger partial charge in [0.1, 0.15) is 12.4 Å². The van der Waals surface area contributed by atoms with Gasteiger partial charge >= 0.3 is 0 Å². The molecule has 23 heavy (non-hydrogen) atoms. The summed E-state index contributed by atoms with van der Waals surface area (Å²) in [5, 5.41) is 3.02. The molecule has 1 N–H and O–H groups in total. The van der Waals surface area contributed by atoms with E-state index >= 15 is 0 Å². The SMILES string of the molecule is C[C@@H]1CCCCN1CCCNC(=O)C1=Cc2ccccc2OC1. The number of para-hydroxylation sites is 1. The third kappa shape index (κ3) is 4.14.